The molecule has 1 aliphatic rings. The zero-order valence-corrected chi connectivity index (χ0v) is 17.3. The minimum atomic E-state index is -0.0845. The SMILES string of the molecule is CC(C)NC(=O)c1cnn2c1C[C@@H](CNC(=O)c1ccc(-n3cccc3)cc1)CC2. The average Bonchev–Trinajstić information content (AvgIpc) is 3.41. The number of carbonyl (C=O) groups excluding carboxylic acids is 2. The van der Waals surface area contributed by atoms with Crippen molar-refractivity contribution >= 4 is 11.8 Å². The molecule has 0 fully saturated rings. The second kappa shape index (κ2) is 8.57. The molecule has 7 heteroatoms. The van der Waals surface area contributed by atoms with Crippen LogP contribution in [-0.2, 0) is 13.0 Å². The second-order valence-corrected chi connectivity index (χ2v) is 8.06. The number of hydrogen-bond acceptors (Lipinski definition) is 3. The van der Waals surface area contributed by atoms with Crippen molar-refractivity contribution in [3.05, 3.63) is 71.8 Å². The van der Waals surface area contributed by atoms with Crippen molar-refractivity contribution < 1.29 is 9.59 Å². The highest BCUT2D eigenvalue weighted by Crippen LogP contribution is 2.23. The lowest BCUT2D eigenvalue weighted by Gasteiger charge is -2.24. The van der Waals surface area contributed by atoms with E-state index in [4.69, 9.17) is 0 Å². The standard InChI is InChI=1S/C23H27N5O2/c1-16(2)26-23(30)20-15-25-28-12-9-17(13-21(20)28)14-24-22(29)18-5-7-19(8-6-18)27-10-3-4-11-27/h3-8,10-11,15-17H,9,12-14H2,1-2H3,(H,24,29)(H,26,30)/t17-/m0/s1. The number of nitrogens with one attached hydrogen (secondary N) is 2. The normalized spacial score (nSPS) is 15.6. The zero-order chi connectivity index (χ0) is 21.1. The van der Waals surface area contributed by atoms with Gasteiger partial charge in [-0.3, -0.25) is 14.3 Å². The molecule has 2 aromatic heterocycles. The molecule has 30 heavy (non-hydrogen) atoms. The third kappa shape index (κ3) is 4.30. The molecule has 1 aliphatic heterocycles. The largest absolute Gasteiger partial charge is 0.352 e. The number of amides is 2. The van der Waals surface area contributed by atoms with E-state index in [1.807, 2.05) is 71.9 Å². The molecular weight excluding hydrogens is 378 g/mol. The summed E-state index contributed by atoms with van der Waals surface area (Å²) in [6.45, 7) is 5.22. The number of benzene rings is 1. The van der Waals surface area contributed by atoms with Gasteiger partial charge >= 0.3 is 0 Å². The third-order valence-corrected chi connectivity index (χ3v) is 5.43. The fraction of sp³-hybridized carbons (Fsp3) is 0.348. The minimum Gasteiger partial charge on any atom is -0.352 e. The Kier molecular flexibility index (Phi) is 5.70. The quantitative estimate of drug-likeness (QED) is 0.662. The molecule has 0 radical (unpaired) electrons. The molecule has 1 aromatic carbocycles. The maximum Gasteiger partial charge on any atom is 0.254 e. The Labute approximate surface area is 176 Å². The Morgan fingerprint density at radius 2 is 1.87 bits per heavy atom. The molecule has 0 saturated heterocycles. The fourth-order valence-electron chi connectivity index (χ4n) is 3.83. The summed E-state index contributed by atoms with van der Waals surface area (Å²) < 4.78 is 3.91. The summed E-state index contributed by atoms with van der Waals surface area (Å²) in [5.74, 6) is 0.118. The molecule has 7 nitrogen and oxygen atoms in total. The highest BCUT2D eigenvalue weighted by molar-refractivity contribution is 5.95. The van der Waals surface area contributed by atoms with E-state index in [1.165, 1.54) is 0 Å². The van der Waals surface area contributed by atoms with Crippen molar-refractivity contribution in [2.45, 2.75) is 39.3 Å². The van der Waals surface area contributed by atoms with Gasteiger partial charge in [0.25, 0.3) is 11.8 Å². The third-order valence-electron chi connectivity index (χ3n) is 5.43. The van der Waals surface area contributed by atoms with Gasteiger partial charge in [-0.2, -0.15) is 5.10 Å². The Morgan fingerprint density at radius 1 is 1.13 bits per heavy atom. The minimum absolute atomic E-state index is 0.0779. The van der Waals surface area contributed by atoms with Gasteiger partial charge in [0.15, 0.2) is 0 Å². The summed E-state index contributed by atoms with van der Waals surface area (Å²) in [7, 11) is 0. The van der Waals surface area contributed by atoms with Crippen LogP contribution in [0, 0.1) is 5.92 Å². The van der Waals surface area contributed by atoms with Crippen LogP contribution in [-0.4, -0.2) is 38.7 Å². The smallest absolute Gasteiger partial charge is 0.254 e. The van der Waals surface area contributed by atoms with Crippen LogP contribution in [0.4, 0.5) is 0 Å². The number of aromatic nitrogens is 3. The monoisotopic (exact) mass is 405 g/mol. The van der Waals surface area contributed by atoms with Crippen LogP contribution in [0.25, 0.3) is 5.69 Å². The average molecular weight is 406 g/mol. The lowest BCUT2D eigenvalue weighted by atomic mass is 9.94. The van der Waals surface area contributed by atoms with Gasteiger partial charge in [0.2, 0.25) is 0 Å². The first-order chi connectivity index (χ1) is 14.5. The van der Waals surface area contributed by atoms with Gasteiger partial charge < -0.3 is 15.2 Å². The van der Waals surface area contributed by atoms with E-state index in [1.54, 1.807) is 6.20 Å². The van der Waals surface area contributed by atoms with Gasteiger partial charge in [-0.25, -0.2) is 0 Å². The van der Waals surface area contributed by atoms with Crippen LogP contribution >= 0.6 is 0 Å². The molecule has 156 valence electrons. The van der Waals surface area contributed by atoms with Crippen LogP contribution in [0.2, 0.25) is 0 Å². The number of rotatable bonds is 6. The number of hydrogen-bond donors (Lipinski definition) is 2. The van der Waals surface area contributed by atoms with Crippen molar-refractivity contribution in [3.63, 3.8) is 0 Å². The van der Waals surface area contributed by atoms with E-state index in [2.05, 4.69) is 15.7 Å². The number of aryl methyl sites for hydroxylation is 1. The predicted octanol–water partition coefficient (Wildman–Crippen LogP) is 2.80. The molecule has 0 unspecified atom stereocenters. The van der Waals surface area contributed by atoms with Crippen molar-refractivity contribution in [2.24, 2.45) is 5.92 Å². The molecule has 2 N–H and O–H groups in total. The van der Waals surface area contributed by atoms with Gasteiger partial charge in [0, 0.05) is 42.8 Å². The highest BCUT2D eigenvalue weighted by atomic mass is 16.2. The molecule has 2 amide bonds. The molecule has 3 aromatic rings. The Balaban J connectivity index is 1.35. The van der Waals surface area contributed by atoms with E-state index in [-0.39, 0.29) is 23.8 Å². The van der Waals surface area contributed by atoms with Crippen LogP contribution < -0.4 is 10.6 Å². The summed E-state index contributed by atoms with van der Waals surface area (Å²) in [6, 6.07) is 11.6. The molecule has 1 atom stereocenters. The second-order valence-electron chi connectivity index (χ2n) is 8.06. The molecule has 4 rings (SSSR count). The predicted molar refractivity (Wildman–Crippen MR) is 115 cm³/mol. The lowest BCUT2D eigenvalue weighted by Crippen LogP contribution is -2.35. The number of carbonyl (C=O) groups is 2. The van der Waals surface area contributed by atoms with E-state index in [0.717, 1.165) is 30.8 Å². The van der Waals surface area contributed by atoms with Gasteiger partial charge in [0.1, 0.15) is 0 Å². The first-order valence-corrected chi connectivity index (χ1v) is 10.4. The van der Waals surface area contributed by atoms with Crippen molar-refractivity contribution in [2.75, 3.05) is 6.54 Å². The Bertz CT molecular complexity index is 1020. The van der Waals surface area contributed by atoms with Crippen LogP contribution in [0.3, 0.4) is 0 Å². The fourth-order valence-corrected chi connectivity index (χ4v) is 3.83. The first kappa shape index (κ1) is 19.9. The topological polar surface area (TPSA) is 81.0 Å². The van der Waals surface area contributed by atoms with Crippen LogP contribution in [0.1, 0.15) is 46.7 Å². The van der Waals surface area contributed by atoms with E-state index in [0.29, 0.717) is 17.7 Å². The first-order valence-electron chi connectivity index (χ1n) is 10.4. The zero-order valence-electron chi connectivity index (χ0n) is 17.3. The molecule has 0 aliphatic carbocycles. The summed E-state index contributed by atoms with van der Waals surface area (Å²) in [4.78, 5) is 25.0. The maximum absolute atomic E-state index is 12.6. The molecular formula is C23H27N5O2. The molecule has 0 bridgehead atoms. The number of fused-ring (bicyclic) bond motifs is 1. The van der Waals surface area contributed by atoms with E-state index >= 15 is 0 Å². The van der Waals surface area contributed by atoms with E-state index < -0.39 is 0 Å². The molecule has 0 saturated carbocycles. The van der Waals surface area contributed by atoms with Gasteiger partial charge in [0.05, 0.1) is 17.5 Å². The Morgan fingerprint density at radius 3 is 2.57 bits per heavy atom. The maximum atomic E-state index is 12.6. The van der Waals surface area contributed by atoms with Crippen molar-refractivity contribution in [3.8, 4) is 5.69 Å². The Hall–Kier alpha value is -3.35. The lowest BCUT2D eigenvalue weighted by molar-refractivity contribution is 0.0930. The van der Waals surface area contributed by atoms with Crippen LogP contribution in [0.15, 0.2) is 55.0 Å². The number of nitrogens with zero attached hydrogens (tertiary/aromatic N) is 3. The van der Waals surface area contributed by atoms with Gasteiger partial charge in [-0.15, -0.1) is 0 Å². The van der Waals surface area contributed by atoms with Gasteiger partial charge in [-0.1, -0.05) is 0 Å². The van der Waals surface area contributed by atoms with Crippen molar-refractivity contribution in [1.82, 2.24) is 25.0 Å². The summed E-state index contributed by atoms with van der Waals surface area (Å²) in [5.41, 5.74) is 3.25. The van der Waals surface area contributed by atoms with E-state index in [9.17, 15) is 9.59 Å². The molecule has 0 spiro atoms. The summed E-state index contributed by atoms with van der Waals surface area (Å²) in [5, 5.41) is 10.3. The van der Waals surface area contributed by atoms with Crippen molar-refractivity contribution in [1.29, 1.82) is 0 Å². The molecule has 3 heterocycles. The summed E-state index contributed by atoms with van der Waals surface area (Å²) >= 11 is 0. The summed E-state index contributed by atoms with van der Waals surface area (Å²) in [6.07, 6.45) is 7.25. The highest BCUT2D eigenvalue weighted by Gasteiger charge is 2.25. The van der Waals surface area contributed by atoms with Crippen LogP contribution in [0.5, 0.6) is 0 Å². The van der Waals surface area contributed by atoms with Gasteiger partial charge in [-0.05, 0) is 69.0 Å².